The van der Waals surface area contributed by atoms with Gasteiger partial charge in [-0.1, -0.05) is 12.8 Å². The quantitative estimate of drug-likeness (QED) is 0.150. The van der Waals surface area contributed by atoms with E-state index in [1.807, 2.05) is 0 Å². The van der Waals surface area contributed by atoms with Crippen molar-refractivity contribution in [2.45, 2.75) is 76.3 Å². The third kappa shape index (κ3) is 7.45. The first-order valence-electron chi connectivity index (χ1n) is 19.0. The Labute approximate surface area is 297 Å². The summed E-state index contributed by atoms with van der Waals surface area (Å²) in [6.07, 6.45) is 12.7. The van der Waals surface area contributed by atoms with E-state index in [0.29, 0.717) is 12.1 Å². The highest BCUT2D eigenvalue weighted by atomic mass is 16.5. The smallest absolute Gasteiger partial charge is 0.162 e. The summed E-state index contributed by atoms with van der Waals surface area (Å²) in [4.78, 5) is 12.6. The molecule has 2 aromatic heterocycles. The number of nitrogens with zero attached hydrogens (tertiary/aromatic N) is 2. The largest absolute Gasteiger partial charge is 0.493 e. The van der Waals surface area contributed by atoms with Gasteiger partial charge in [0.25, 0.3) is 0 Å². The predicted octanol–water partition coefficient (Wildman–Crippen LogP) is 6.50. The number of hydrogen-bond donors (Lipinski definition) is 4. The summed E-state index contributed by atoms with van der Waals surface area (Å²) in [6.45, 7) is 9.50. The van der Waals surface area contributed by atoms with E-state index in [1.165, 1.54) is 111 Å². The minimum absolute atomic E-state index is 0.412. The van der Waals surface area contributed by atoms with Crippen molar-refractivity contribution in [3.8, 4) is 23.0 Å². The normalized spacial score (nSPS) is 21.3. The fourth-order valence-corrected chi connectivity index (χ4v) is 8.76. The van der Waals surface area contributed by atoms with Gasteiger partial charge in [0.15, 0.2) is 23.0 Å². The van der Waals surface area contributed by atoms with Gasteiger partial charge in [0.2, 0.25) is 0 Å². The summed E-state index contributed by atoms with van der Waals surface area (Å²) >= 11 is 0. The molecule has 10 nitrogen and oxygen atoms in total. The van der Waals surface area contributed by atoms with Gasteiger partial charge >= 0.3 is 0 Å². The molecule has 6 heterocycles. The zero-order chi connectivity index (χ0) is 34.5. The molecule has 0 amide bonds. The Morgan fingerprint density at radius 3 is 1.30 bits per heavy atom. The number of fused-ring (bicyclic) bond motifs is 6. The van der Waals surface area contributed by atoms with Crippen LogP contribution in [0.3, 0.4) is 0 Å². The molecule has 0 aliphatic carbocycles. The summed E-state index contributed by atoms with van der Waals surface area (Å²) in [5.41, 5.74) is 7.89. The van der Waals surface area contributed by atoms with Gasteiger partial charge in [0.05, 0.1) is 28.4 Å². The summed E-state index contributed by atoms with van der Waals surface area (Å²) in [7, 11) is 6.78. The van der Waals surface area contributed by atoms with Crippen molar-refractivity contribution in [2.75, 3.05) is 80.8 Å². The van der Waals surface area contributed by atoms with Crippen LogP contribution in [0, 0.1) is 0 Å². The molecule has 0 spiro atoms. The first kappa shape index (κ1) is 35.0. The summed E-state index contributed by atoms with van der Waals surface area (Å²) < 4.78 is 21.9. The number of benzene rings is 2. The molecule has 0 unspecified atom stereocenters. The molecule has 2 saturated heterocycles. The van der Waals surface area contributed by atoms with Crippen LogP contribution in [-0.4, -0.2) is 101 Å². The molecule has 10 heteroatoms. The molecule has 4 aliphatic rings. The third-order valence-electron chi connectivity index (χ3n) is 11.5. The molecule has 2 atom stereocenters. The molecular formula is C40H58N6O4. The zero-order valence-electron chi connectivity index (χ0n) is 30.7. The van der Waals surface area contributed by atoms with E-state index >= 15 is 0 Å². The van der Waals surface area contributed by atoms with Crippen molar-refractivity contribution in [1.29, 1.82) is 0 Å². The number of rotatable bonds is 10. The van der Waals surface area contributed by atoms with E-state index in [4.69, 9.17) is 18.9 Å². The number of aromatic nitrogens is 2. The van der Waals surface area contributed by atoms with Crippen LogP contribution in [0.15, 0.2) is 24.3 Å². The third-order valence-corrected chi connectivity index (χ3v) is 11.5. The molecule has 8 rings (SSSR count). The molecule has 2 aromatic carbocycles. The molecule has 50 heavy (non-hydrogen) atoms. The molecule has 0 bridgehead atoms. The molecule has 0 radical (unpaired) electrons. The Morgan fingerprint density at radius 2 is 0.920 bits per heavy atom. The Bertz CT molecular complexity index is 1590. The Morgan fingerprint density at radius 1 is 0.540 bits per heavy atom. The molecule has 4 N–H and O–H groups in total. The highest BCUT2D eigenvalue weighted by Gasteiger charge is 2.27. The highest BCUT2D eigenvalue weighted by molar-refractivity contribution is 5.89. The van der Waals surface area contributed by atoms with Crippen molar-refractivity contribution in [1.82, 2.24) is 30.4 Å². The lowest BCUT2D eigenvalue weighted by Gasteiger charge is -2.30. The lowest BCUT2D eigenvalue weighted by Crippen LogP contribution is -2.35. The second-order valence-corrected chi connectivity index (χ2v) is 14.4. The van der Waals surface area contributed by atoms with Gasteiger partial charge in [-0.15, -0.1) is 0 Å². The lowest BCUT2D eigenvalue weighted by molar-refractivity contribution is 0.215. The van der Waals surface area contributed by atoms with E-state index in [2.05, 4.69) is 54.7 Å². The van der Waals surface area contributed by atoms with Crippen molar-refractivity contribution >= 4 is 21.8 Å². The maximum absolute atomic E-state index is 5.50. The zero-order valence-corrected chi connectivity index (χ0v) is 30.7. The second-order valence-electron chi connectivity index (χ2n) is 14.4. The van der Waals surface area contributed by atoms with Gasteiger partial charge in [0, 0.05) is 57.4 Å². The minimum Gasteiger partial charge on any atom is -0.493 e. The van der Waals surface area contributed by atoms with Crippen LogP contribution in [0.4, 0.5) is 0 Å². The molecule has 4 aliphatic heterocycles. The van der Waals surface area contributed by atoms with Crippen LogP contribution < -0.4 is 29.6 Å². The van der Waals surface area contributed by atoms with Gasteiger partial charge in [-0.2, -0.15) is 0 Å². The topological polar surface area (TPSA) is 99.0 Å². The van der Waals surface area contributed by atoms with Gasteiger partial charge in [-0.25, -0.2) is 0 Å². The fourth-order valence-electron chi connectivity index (χ4n) is 8.76. The van der Waals surface area contributed by atoms with Crippen molar-refractivity contribution < 1.29 is 18.9 Å². The number of likely N-dealkylation sites (tertiary alicyclic amines) is 2. The maximum Gasteiger partial charge on any atom is 0.162 e. The predicted molar refractivity (Wildman–Crippen MR) is 202 cm³/mol. The average Bonchev–Trinajstić information content (AvgIpc) is 3.74. The van der Waals surface area contributed by atoms with Gasteiger partial charge in [0.1, 0.15) is 0 Å². The Hall–Kier alpha value is -3.44. The minimum atomic E-state index is 0.412. The van der Waals surface area contributed by atoms with Crippen molar-refractivity contribution in [3.63, 3.8) is 0 Å². The van der Waals surface area contributed by atoms with Gasteiger partial charge in [-0.05, 0) is 127 Å². The summed E-state index contributed by atoms with van der Waals surface area (Å²) in [6, 6.07) is 9.19. The van der Waals surface area contributed by atoms with E-state index < -0.39 is 0 Å². The first-order chi connectivity index (χ1) is 24.6. The van der Waals surface area contributed by atoms with Gasteiger partial charge in [-0.3, -0.25) is 0 Å². The number of aromatic amines is 2. The molecule has 0 saturated carbocycles. The standard InChI is InChI=1S/2C20H29N3O2/c2*1-24-18-12-15-14-6-8-21-16(7-11-23-9-4-3-5-10-23)20(14)22-17(15)13-19(18)25-2/h2*12-13,16,21-22H,3-11H2,1-2H3/t2*16-/m10/s1. The number of hydrogen-bond acceptors (Lipinski definition) is 8. The maximum atomic E-state index is 5.50. The van der Waals surface area contributed by atoms with E-state index in [-0.39, 0.29) is 0 Å². The number of piperidine rings is 2. The van der Waals surface area contributed by atoms with E-state index in [0.717, 1.165) is 72.8 Å². The fraction of sp³-hybridized carbons (Fsp3) is 0.600. The number of ether oxygens (including phenoxy) is 4. The van der Waals surface area contributed by atoms with Crippen LogP contribution >= 0.6 is 0 Å². The van der Waals surface area contributed by atoms with Gasteiger partial charge < -0.3 is 49.3 Å². The number of H-pyrrole nitrogens is 2. The summed E-state index contributed by atoms with van der Waals surface area (Å²) in [5, 5.41) is 9.98. The lowest BCUT2D eigenvalue weighted by atomic mass is 9.97. The molecule has 4 aromatic rings. The van der Waals surface area contributed by atoms with E-state index in [9.17, 15) is 0 Å². The summed E-state index contributed by atoms with van der Waals surface area (Å²) in [5.74, 6) is 3.18. The second kappa shape index (κ2) is 16.3. The SMILES string of the molecule is COc1cc2[nH]c3c(c2cc1OC)CCN[C@@H]3CCN1CCCCC1.COc1cc2[nH]c3c(c2cc1OC)CCN[C@H]3CCN1CCCCC1. The van der Waals surface area contributed by atoms with Crippen molar-refractivity contribution in [2.24, 2.45) is 0 Å². The highest BCUT2D eigenvalue weighted by Crippen LogP contribution is 2.39. The first-order valence-corrected chi connectivity index (χ1v) is 19.0. The van der Waals surface area contributed by atoms with Crippen LogP contribution in [-0.2, 0) is 12.8 Å². The van der Waals surface area contributed by atoms with Crippen molar-refractivity contribution in [3.05, 3.63) is 46.8 Å². The molecule has 272 valence electrons. The Kier molecular flexibility index (Phi) is 11.4. The van der Waals surface area contributed by atoms with Crippen LogP contribution in [0.2, 0.25) is 0 Å². The Balaban J connectivity index is 0.000000157. The number of nitrogens with one attached hydrogen (secondary N) is 4. The van der Waals surface area contributed by atoms with Crippen LogP contribution in [0.5, 0.6) is 23.0 Å². The number of methoxy groups -OCH3 is 4. The van der Waals surface area contributed by atoms with E-state index in [1.54, 1.807) is 28.4 Å². The average molecular weight is 687 g/mol. The molecular weight excluding hydrogens is 628 g/mol. The monoisotopic (exact) mass is 686 g/mol. The van der Waals surface area contributed by atoms with Crippen LogP contribution in [0.1, 0.15) is 86.0 Å². The van der Waals surface area contributed by atoms with Crippen LogP contribution in [0.25, 0.3) is 21.8 Å². The molecule has 2 fully saturated rings.